The van der Waals surface area contributed by atoms with Gasteiger partial charge in [0.15, 0.2) is 0 Å². The standard InChI is InChI=1S/C18H25N3/c1-12(2)18-17(11-21(4)20-18)16-9-13(3)5-6-14(16)10-19-15-7-8-15/h5-6,9,11-12,15,19H,7-8,10H2,1-4H3. The third-order valence-corrected chi connectivity index (χ3v) is 4.12. The van der Waals surface area contributed by atoms with E-state index in [9.17, 15) is 0 Å². The van der Waals surface area contributed by atoms with Crippen LogP contribution in [0.2, 0.25) is 0 Å². The van der Waals surface area contributed by atoms with Gasteiger partial charge < -0.3 is 5.32 Å². The predicted molar refractivity (Wildman–Crippen MR) is 87.3 cm³/mol. The number of benzene rings is 1. The molecule has 1 aromatic heterocycles. The van der Waals surface area contributed by atoms with Gasteiger partial charge in [0.1, 0.15) is 0 Å². The molecule has 1 N–H and O–H groups in total. The molecule has 0 amide bonds. The third kappa shape index (κ3) is 3.18. The Hall–Kier alpha value is -1.61. The zero-order valence-electron chi connectivity index (χ0n) is 13.5. The van der Waals surface area contributed by atoms with Crippen LogP contribution in [0.25, 0.3) is 11.1 Å². The maximum atomic E-state index is 4.66. The quantitative estimate of drug-likeness (QED) is 0.905. The lowest BCUT2D eigenvalue weighted by atomic mass is 9.94. The summed E-state index contributed by atoms with van der Waals surface area (Å²) >= 11 is 0. The zero-order valence-corrected chi connectivity index (χ0v) is 13.5. The van der Waals surface area contributed by atoms with Crippen molar-refractivity contribution in [2.45, 2.75) is 52.1 Å². The fraction of sp³-hybridized carbons (Fsp3) is 0.500. The summed E-state index contributed by atoms with van der Waals surface area (Å²) in [7, 11) is 2.01. The Morgan fingerprint density at radius 2 is 2.05 bits per heavy atom. The van der Waals surface area contributed by atoms with E-state index in [-0.39, 0.29) is 0 Å². The molecule has 1 saturated carbocycles. The van der Waals surface area contributed by atoms with Crippen LogP contribution in [0.15, 0.2) is 24.4 Å². The van der Waals surface area contributed by atoms with Gasteiger partial charge in [0, 0.05) is 31.4 Å². The van der Waals surface area contributed by atoms with E-state index in [2.05, 4.69) is 55.6 Å². The van der Waals surface area contributed by atoms with Gasteiger partial charge in [0.2, 0.25) is 0 Å². The number of hydrogen-bond acceptors (Lipinski definition) is 2. The predicted octanol–water partition coefficient (Wildman–Crippen LogP) is 3.77. The van der Waals surface area contributed by atoms with E-state index in [4.69, 9.17) is 0 Å². The van der Waals surface area contributed by atoms with Crippen molar-refractivity contribution >= 4 is 0 Å². The number of rotatable bonds is 5. The Balaban J connectivity index is 2.00. The summed E-state index contributed by atoms with van der Waals surface area (Å²) in [6.07, 6.45) is 4.81. The summed E-state index contributed by atoms with van der Waals surface area (Å²) < 4.78 is 1.94. The van der Waals surface area contributed by atoms with Crippen molar-refractivity contribution in [2.24, 2.45) is 7.05 Å². The minimum atomic E-state index is 0.436. The van der Waals surface area contributed by atoms with Crippen molar-refractivity contribution in [3.05, 3.63) is 41.2 Å². The maximum Gasteiger partial charge on any atom is 0.0728 e. The minimum absolute atomic E-state index is 0.436. The van der Waals surface area contributed by atoms with Gasteiger partial charge in [-0.15, -0.1) is 0 Å². The van der Waals surface area contributed by atoms with Crippen LogP contribution >= 0.6 is 0 Å². The highest BCUT2D eigenvalue weighted by Gasteiger charge is 2.21. The van der Waals surface area contributed by atoms with Gasteiger partial charge in [-0.2, -0.15) is 5.10 Å². The largest absolute Gasteiger partial charge is 0.310 e. The van der Waals surface area contributed by atoms with Gasteiger partial charge in [-0.3, -0.25) is 4.68 Å². The first-order valence-corrected chi connectivity index (χ1v) is 7.91. The first kappa shape index (κ1) is 14.3. The summed E-state index contributed by atoms with van der Waals surface area (Å²) in [4.78, 5) is 0. The molecule has 3 rings (SSSR count). The lowest BCUT2D eigenvalue weighted by Crippen LogP contribution is -2.16. The molecule has 1 aliphatic carbocycles. The molecule has 0 aliphatic heterocycles. The Morgan fingerprint density at radius 3 is 2.71 bits per heavy atom. The van der Waals surface area contributed by atoms with E-state index in [0.29, 0.717) is 5.92 Å². The van der Waals surface area contributed by atoms with Crippen LogP contribution in [0.3, 0.4) is 0 Å². The van der Waals surface area contributed by atoms with Crippen molar-refractivity contribution in [3.63, 3.8) is 0 Å². The fourth-order valence-electron chi connectivity index (χ4n) is 2.78. The van der Waals surface area contributed by atoms with E-state index >= 15 is 0 Å². The number of nitrogens with zero attached hydrogens (tertiary/aromatic N) is 2. The smallest absolute Gasteiger partial charge is 0.0728 e. The first-order valence-electron chi connectivity index (χ1n) is 7.91. The molecule has 1 aromatic carbocycles. The SMILES string of the molecule is Cc1ccc(CNC2CC2)c(-c2cn(C)nc2C(C)C)c1. The van der Waals surface area contributed by atoms with Crippen molar-refractivity contribution in [2.75, 3.05) is 0 Å². The fourth-order valence-corrected chi connectivity index (χ4v) is 2.78. The summed E-state index contributed by atoms with van der Waals surface area (Å²) in [6, 6.07) is 7.50. The van der Waals surface area contributed by atoms with E-state index in [0.717, 1.165) is 12.6 Å². The Morgan fingerprint density at radius 1 is 1.29 bits per heavy atom. The molecule has 0 unspecified atom stereocenters. The molecule has 2 aromatic rings. The highest BCUT2D eigenvalue weighted by molar-refractivity contribution is 5.70. The Kier molecular flexibility index (Phi) is 3.85. The lowest BCUT2D eigenvalue weighted by Gasteiger charge is -2.13. The summed E-state index contributed by atoms with van der Waals surface area (Å²) in [6.45, 7) is 7.53. The number of nitrogens with one attached hydrogen (secondary N) is 1. The maximum absolute atomic E-state index is 4.66. The molecule has 0 atom stereocenters. The van der Waals surface area contributed by atoms with Crippen LogP contribution in [0.5, 0.6) is 0 Å². The number of hydrogen-bond donors (Lipinski definition) is 1. The number of aromatic nitrogens is 2. The van der Waals surface area contributed by atoms with Gasteiger partial charge >= 0.3 is 0 Å². The van der Waals surface area contributed by atoms with Gasteiger partial charge in [0.25, 0.3) is 0 Å². The van der Waals surface area contributed by atoms with Crippen LogP contribution in [0.1, 0.15) is 49.4 Å². The Bertz CT molecular complexity index is 636. The van der Waals surface area contributed by atoms with Crippen molar-refractivity contribution in [3.8, 4) is 11.1 Å². The average molecular weight is 283 g/mol. The minimum Gasteiger partial charge on any atom is -0.310 e. The average Bonchev–Trinajstić information content (AvgIpc) is 3.18. The molecular weight excluding hydrogens is 258 g/mol. The van der Waals surface area contributed by atoms with Crippen LogP contribution in [0, 0.1) is 6.92 Å². The van der Waals surface area contributed by atoms with Crippen molar-refractivity contribution < 1.29 is 0 Å². The molecule has 21 heavy (non-hydrogen) atoms. The molecule has 0 bridgehead atoms. The van der Waals surface area contributed by atoms with Gasteiger partial charge in [0.05, 0.1) is 5.69 Å². The van der Waals surface area contributed by atoms with Gasteiger partial charge in [-0.05, 0) is 36.8 Å². The molecule has 112 valence electrons. The summed E-state index contributed by atoms with van der Waals surface area (Å²) in [5, 5.41) is 8.29. The van der Waals surface area contributed by atoms with E-state index < -0.39 is 0 Å². The molecule has 1 aliphatic rings. The number of aryl methyl sites for hydroxylation is 2. The molecule has 3 heteroatoms. The second-order valence-electron chi connectivity index (χ2n) is 6.57. The van der Waals surface area contributed by atoms with E-state index in [1.54, 1.807) is 0 Å². The highest BCUT2D eigenvalue weighted by atomic mass is 15.3. The molecule has 1 fully saturated rings. The highest BCUT2D eigenvalue weighted by Crippen LogP contribution is 2.32. The second-order valence-corrected chi connectivity index (χ2v) is 6.57. The lowest BCUT2D eigenvalue weighted by molar-refractivity contribution is 0.688. The Labute approximate surface area is 127 Å². The van der Waals surface area contributed by atoms with E-state index in [1.165, 1.54) is 40.8 Å². The molecule has 3 nitrogen and oxygen atoms in total. The van der Waals surface area contributed by atoms with Crippen molar-refractivity contribution in [1.82, 2.24) is 15.1 Å². The summed E-state index contributed by atoms with van der Waals surface area (Å²) in [5.74, 6) is 0.436. The van der Waals surface area contributed by atoms with Crippen molar-refractivity contribution in [1.29, 1.82) is 0 Å². The van der Waals surface area contributed by atoms with E-state index in [1.807, 2.05) is 11.7 Å². The molecule has 1 heterocycles. The zero-order chi connectivity index (χ0) is 15.0. The molecule has 0 radical (unpaired) electrons. The third-order valence-electron chi connectivity index (χ3n) is 4.12. The molecular formula is C18H25N3. The normalized spacial score (nSPS) is 14.9. The van der Waals surface area contributed by atoms with Crippen LogP contribution in [-0.4, -0.2) is 15.8 Å². The van der Waals surface area contributed by atoms with Crippen LogP contribution in [0.4, 0.5) is 0 Å². The monoisotopic (exact) mass is 283 g/mol. The van der Waals surface area contributed by atoms with Crippen LogP contribution < -0.4 is 5.32 Å². The topological polar surface area (TPSA) is 29.9 Å². The summed E-state index contributed by atoms with van der Waals surface area (Å²) in [5.41, 5.74) is 6.49. The van der Waals surface area contributed by atoms with Gasteiger partial charge in [-0.25, -0.2) is 0 Å². The van der Waals surface area contributed by atoms with Gasteiger partial charge in [-0.1, -0.05) is 37.6 Å². The first-order chi connectivity index (χ1) is 10.0. The molecule has 0 spiro atoms. The molecule has 0 saturated heterocycles. The second kappa shape index (κ2) is 5.64. The van der Waals surface area contributed by atoms with Crippen LogP contribution in [-0.2, 0) is 13.6 Å².